The van der Waals surface area contributed by atoms with Crippen LogP contribution in [0.5, 0.6) is 0 Å². The van der Waals surface area contributed by atoms with Gasteiger partial charge in [0.2, 0.25) is 11.8 Å². The summed E-state index contributed by atoms with van der Waals surface area (Å²) in [5.41, 5.74) is 7.61. The Hall–Kier alpha value is -2.83. The van der Waals surface area contributed by atoms with E-state index in [1.165, 1.54) is 0 Å². The molecule has 1 aromatic carbocycles. The molecule has 4 N–H and O–H groups in total. The number of amides is 1. The van der Waals surface area contributed by atoms with Gasteiger partial charge in [0.1, 0.15) is 5.76 Å². The predicted molar refractivity (Wildman–Crippen MR) is 88.0 cm³/mol. The number of aromatic nitrogens is 1. The summed E-state index contributed by atoms with van der Waals surface area (Å²) in [6.07, 6.45) is 0. The van der Waals surface area contributed by atoms with Gasteiger partial charge < -0.3 is 20.8 Å². The number of hydrogen-bond donors (Lipinski definition) is 3. The van der Waals surface area contributed by atoms with Crippen LogP contribution < -0.4 is 16.4 Å². The molecule has 0 radical (unpaired) electrons. The maximum absolute atomic E-state index is 11.0. The summed E-state index contributed by atoms with van der Waals surface area (Å²) >= 11 is 0. The Kier molecular flexibility index (Phi) is 5.35. The van der Waals surface area contributed by atoms with Gasteiger partial charge in [-0.2, -0.15) is 0 Å². The molecule has 122 valence electrons. The van der Waals surface area contributed by atoms with Crippen molar-refractivity contribution in [3.63, 3.8) is 0 Å². The van der Waals surface area contributed by atoms with Gasteiger partial charge in [0, 0.05) is 19.2 Å². The molecular weight excluding hydrogens is 294 g/mol. The SMILES string of the molecule is CN=C(NCc1ccc(C(N)=O)cc1)NCc1nc(C)c(C)o1. The number of aliphatic imine (C=N–C) groups is 1. The zero-order valence-electron chi connectivity index (χ0n) is 13.5. The monoisotopic (exact) mass is 315 g/mol. The number of rotatable bonds is 5. The maximum atomic E-state index is 11.0. The fourth-order valence-electron chi connectivity index (χ4n) is 1.97. The summed E-state index contributed by atoms with van der Waals surface area (Å²) in [5.74, 6) is 1.64. The minimum atomic E-state index is -0.432. The van der Waals surface area contributed by atoms with Gasteiger partial charge in [-0.05, 0) is 31.5 Å². The van der Waals surface area contributed by atoms with Crippen LogP contribution in [-0.2, 0) is 13.1 Å². The average Bonchev–Trinajstić information content (AvgIpc) is 2.86. The van der Waals surface area contributed by atoms with Crippen molar-refractivity contribution in [3.8, 4) is 0 Å². The van der Waals surface area contributed by atoms with E-state index in [1.54, 1.807) is 19.2 Å². The number of guanidine groups is 1. The number of carbonyl (C=O) groups is 1. The molecule has 0 unspecified atom stereocenters. The normalized spacial score (nSPS) is 11.3. The summed E-state index contributed by atoms with van der Waals surface area (Å²) in [6, 6.07) is 7.10. The molecule has 0 aliphatic rings. The molecule has 0 aliphatic carbocycles. The molecule has 0 saturated heterocycles. The van der Waals surface area contributed by atoms with Crippen molar-refractivity contribution < 1.29 is 9.21 Å². The zero-order chi connectivity index (χ0) is 16.8. The van der Waals surface area contributed by atoms with Gasteiger partial charge in [-0.3, -0.25) is 9.79 Å². The highest BCUT2D eigenvalue weighted by Crippen LogP contribution is 2.07. The molecule has 0 fully saturated rings. The highest BCUT2D eigenvalue weighted by atomic mass is 16.4. The van der Waals surface area contributed by atoms with Crippen LogP contribution in [0.1, 0.15) is 33.3 Å². The second-order valence-electron chi connectivity index (χ2n) is 5.09. The van der Waals surface area contributed by atoms with Gasteiger partial charge in [-0.25, -0.2) is 4.98 Å². The van der Waals surface area contributed by atoms with E-state index in [4.69, 9.17) is 10.2 Å². The first-order valence-corrected chi connectivity index (χ1v) is 7.25. The Labute approximate surface area is 135 Å². The molecule has 2 rings (SSSR count). The molecule has 7 heteroatoms. The van der Waals surface area contributed by atoms with E-state index >= 15 is 0 Å². The van der Waals surface area contributed by atoms with Crippen LogP contribution in [0.25, 0.3) is 0 Å². The molecule has 0 spiro atoms. The minimum Gasteiger partial charge on any atom is -0.444 e. The largest absolute Gasteiger partial charge is 0.444 e. The molecule has 1 aromatic heterocycles. The molecule has 1 heterocycles. The van der Waals surface area contributed by atoms with Crippen molar-refractivity contribution in [2.45, 2.75) is 26.9 Å². The van der Waals surface area contributed by atoms with Crippen LogP contribution in [0.3, 0.4) is 0 Å². The van der Waals surface area contributed by atoms with E-state index in [0.29, 0.717) is 30.5 Å². The van der Waals surface area contributed by atoms with Gasteiger partial charge in [0.25, 0.3) is 0 Å². The van der Waals surface area contributed by atoms with Crippen molar-refractivity contribution in [1.82, 2.24) is 15.6 Å². The first-order chi connectivity index (χ1) is 11.0. The second kappa shape index (κ2) is 7.44. The fourth-order valence-corrected chi connectivity index (χ4v) is 1.97. The number of benzene rings is 1. The number of nitrogens with zero attached hydrogens (tertiary/aromatic N) is 2. The maximum Gasteiger partial charge on any atom is 0.248 e. The number of nitrogens with two attached hydrogens (primary N) is 1. The Morgan fingerprint density at radius 1 is 1.22 bits per heavy atom. The third-order valence-electron chi connectivity index (χ3n) is 3.40. The lowest BCUT2D eigenvalue weighted by Crippen LogP contribution is -2.36. The van der Waals surface area contributed by atoms with Crippen LogP contribution >= 0.6 is 0 Å². The van der Waals surface area contributed by atoms with Crippen LogP contribution in [0.2, 0.25) is 0 Å². The Morgan fingerprint density at radius 2 is 1.87 bits per heavy atom. The van der Waals surface area contributed by atoms with Gasteiger partial charge in [0.15, 0.2) is 5.96 Å². The van der Waals surface area contributed by atoms with Gasteiger partial charge in [-0.15, -0.1) is 0 Å². The summed E-state index contributed by atoms with van der Waals surface area (Å²) in [4.78, 5) is 19.5. The molecule has 0 atom stereocenters. The number of aryl methyl sites for hydroxylation is 2. The lowest BCUT2D eigenvalue weighted by molar-refractivity contribution is 0.100. The first-order valence-electron chi connectivity index (χ1n) is 7.25. The smallest absolute Gasteiger partial charge is 0.248 e. The zero-order valence-corrected chi connectivity index (χ0v) is 13.5. The number of oxazole rings is 1. The number of nitrogens with one attached hydrogen (secondary N) is 2. The van der Waals surface area contributed by atoms with E-state index in [9.17, 15) is 4.79 Å². The summed E-state index contributed by atoms with van der Waals surface area (Å²) in [7, 11) is 1.69. The van der Waals surface area contributed by atoms with Crippen LogP contribution in [-0.4, -0.2) is 23.9 Å². The number of hydrogen-bond acceptors (Lipinski definition) is 4. The Bertz CT molecular complexity index is 684. The molecule has 2 aromatic rings. The molecule has 23 heavy (non-hydrogen) atoms. The molecule has 0 bridgehead atoms. The van der Waals surface area contributed by atoms with Gasteiger partial charge in [0.05, 0.1) is 12.2 Å². The first kappa shape index (κ1) is 16.5. The topological polar surface area (TPSA) is 106 Å². The molecule has 0 aliphatic heterocycles. The third kappa shape index (κ3) is 4.57. The van der Waals surface area contributed by atoms with Crippen molar-refractivity contribution >= 4 is 11.9 Å². The minimum absolute atomic E-state index is 0.432. The Morgan fingerprint density at radius 3 is 2.39 bits per heavy atom. The van der Waals surface area contributed by atoms with E-state index in [2.05, 4.69) is 20.6 Å². The van der Waals surface area contributed by atoms with Crippen LogP contribution in [0, 0.1) is 13.8 Å². The van der Waals surface area contributed by atoms with Gasteiger partial charge in [-0.1, -0.05) is 12.1 Å². The van der Waals surface area contributed by atoms with E-state index < -0.39 is 5.91 Å². The van der Waals surface area contributed by atoms with Crippen molar-refractivity contribution in [2.75, 3.05) is 7.05 Å². The molecule has 1 amide bonds. The van der Waals surface area contributed by atoms with Crippen molar-refractivity contribution in [1.29, 1.82) is 0 Å². The molecule has 0 saturated carbocycles. The number of primary amides is 1. The molecular formula is C16H21N5O2. The number of carbonyl (C=O) groups excluding carboxylic acids is 1. The van der Waals surface area contributed by atoms with E-state index in [0.717, 1.165) is 17.0 Å². The predicted octanol–water partition coefficient (Wildman–Crippen LogP) is 1.26. The van der Waals surface area contributed by atoms with E-state index in [1.807, 2.05) is 26.0 Å². The van der Waals surface area contributed by atoms with Crippen LogP contribution in [0.15, 0.2) is 33.7 Å². The average molecular weight is 315 g/mol. The van der Waals surface area contributed by atoms with Crippen molar-refractivity contribution in [2.24, 2.45) is 10.7 Å². The fraction of sp³-hybridized carbons (Fsp3) is 0.312. The summed E-state index contributed by atoms with van der Waals surface area (Å²) in [5, 5.41) is 6.31. The lowest BCUT2D eigenvalue weighted by Gasteiger charge is -2.10. The summed E-state index contributed by atoms with van der Waals surface area (Å²) in [6.45, 7) is 4.82. The van der Waals surface area contributed by atoms with E-state index in [-0.39, 0.29) is 0 Å². The highest BCUT2D eigenvalue weighted by molar-refractivity contribution is 5.92. The van der Waals surface area contributed by atoms with Crippen molar-refractivity contribution in [3.05, 3.63) is 52.7 Å². The lowest BCUT2D eigenvalue weighted by atomic mass is 10.1. The quantitative estimate of drug-likeness (QED) is 0.569. The molecule has 7 nitrogen and oxygen atoms in total. The highest BCUT2D eigenvalue weighted by Gasteiger charge is 2.06. The second-order valence-corrected chi connectivity index (χ2v) is 5.09. The standard InChI is InChI=1S/C16H21N5O2/c1-10-11(2)23-14(21-10)9-20-16(18-3)19-8-12-4-6-13(7-5-12)15(17)22/h4-7H,8-9H2,1-3H3,(H2,17,22)(H2,18,19,20). The summed E-state index contributed by atoms with van der Waals surface area (Å²) < 4.78 is 5.51. The van der Waals surface area contributed by atoms with Gasteiger partial charge >= 0.3 is 0 Å². The Balaban J connectivity index is 1.86. The van der Waals surface area contributed by atoms with Crippen LogP contribution in [0.4, 0.5) is 0 Å². The third-order valence-corrected chi connectivity index (χ3v) is 3.40.